The van der Waals surface area contributed by atoms with E-state index in [9.17, 15) is 9.59 Å². The molecule has 0 atom stereocenters. The van der Waals surface area contributed by atoms with Crippen LogP contribution in [0.1, 0.15) is 49.0 Å². The quantitative estimate of drug-likeness (QED) is 0.621. The summed E-state index contributed by atoms with van der Waals surface area (Å²) in [4.78, 5) is 26.7. The van der Waals surface area contributed by atoms with Gasteiger partial charge < -0.3 is 14.2 Å². The third-order valence-electron chi connectivity index (χ3n) is 4.32. The highest BCUT2D eigenvalue weighted by Gasteiger charge is 2.28. The molecule has 1 amide bonds. The molecule has 0 bridgehead atoms. The predicted molar refractivity (Wildman–Crippen MR) is 95.1 cm³/mol. The number of amides is 1. The zero-order valence-electron chi connectivity index (χ0n) is 14.5. The molecule has 0 unspecified atom stereocenters. The van der Waals surface area contributed by atoms with Crippen LogP contribution in [-0.2, 0) is 9.53 Å². The maximum absolute atomic E-state index is 12.5. The molecule has 0 aliphatic carbocycles. The van der Waals surface area contributed by atoms with Gasteiger partial charge in [-0.05, 0) is 45.6 Å². The van der Waals surface area contributed by atoms with Crippen molar-refractivity contribution in [1.82, 2.24) is 9.47 Å². The average molecular weight is 348 g/mol. The van der Waals surface area contributed by atoms with Crippen molar-refractivity contribution in [3.05, 3.63) is 23.4 Å². The summed E-state index contributed by atoms with van der Waals surface area (Å²) in [7, 11) is 0. The molecule has 3 heterocycles. The van der Waals surface area contributed by atoms with Gasteiger partial charge in [0, 0.05) is 36.8 Å². The number of hydrogen-bond acceptors (Lipinski definition) is 4. The molecule has 0 saturated carbocycles. The van der Waals surface area contributed by atoms with Gasteiger partial charge in [0.05, 0.1) is 16.7 Å². The number of esters is 1. The second-order valence-corrected chi connectivity index (χ2v) is 7.59. The number of fused-ring (bicyclic) bond motifs is 1. The fourth-order valence-corrected chi connectivity index (χ4v) is 4.36. The van der Waals surface area contributed by atoms with Crippen molar-refractivity contribution in [2.24, 2.45) is 0 Å². The highest BCUT2D eigenvalue weighted by atomic mass is 32.2. The molecule has 1 aromatic rings. The van der Waals surface area contributed by atoms with E-state index in [0.29, 0.717) is 11.3 Å². The minimum atomic E-state index is -0.285. The maximum atomic E-state index is 12.5. The number of piperidine rings is 1. The smallest absolute Gasteiger partial charge is 0.341 e. The molecule has 0 aromatic carbocycles. The van der Waals surface area contributed by atoms with Crippen molar-refractivity contribution in [1.29, 1.82) is 0 Å². The zero-order chi connectivity index (χ0) is 17.3. The van der Waals surface area contributed by atoms with Gasteiger partial charge in [0.1, 0.15) is 0 Å². The van der Waals surface area contributed by atoms with E-state index in [1.807, 2.05) is 36.4 Å². The third-order valence-corrected chi connectivity index (χ3v) is 5.43. The third kappa shape index (κ3) is 3.38. The second-order valence-electron chi connectivity index (χ2n) is 6.63. The number of carbonyl (C=O) groups is 2. The minimum Gasteiger partial charge on any atom is -0.459 e. The molecule has 130 valence electrons. The highest BCUT2D eigenvalue weighted by Crippen LogP contribution is 2.38. The van der Waals surface area contributed by atoms with E-state index in [0.717, 1.165) is 42.2 Å². The van der Waals surface area contributed by atoms with Crippen molar-refractivity contribution in [3.8, 4) is 0 Å². The monoisotopic (exact) mass is 348 g/mol. The topological polar surface area (TPSA) is 51.5 Å². The molecular formula is C18H24N2O3S. The summed E-state index contributed by atoms with van der Waals surface area (Å²) in [5.74, 6) is 0.500. The number of carbonyl (C=O) groups excluding carboxylic acids is 2. The fraction of sp³-hybridized carbons (Fsp3) is 0.556. The van der Waals surface area contributed by atoms with E-state index in [1.165, 1.54) is 6.42 Å². The molecule has 1 fully saturated rings. The Hall–Kier alpha value is -1.69. The Morgan fingerprint density at radius 2 is 1.96 bits per heavy atom. The molecule has 3 rings (SSSR count). The van der Waals surface area contributed by atoms with E-state index in [-0.39, 0.29) is 18.0 Å². The van der Waals surface area contributed by atoms with Gasteiger partial charge in [-0.3, -0.25) is 4.79 Å². The number of rotatable bonds is 3. The Labute approximate surface area is 147 Å². The molecule has 0 N–H and O–H groups in total. The summed E-state index contributed by atoms with van der Waals surface area (Å²) in [6.45, 7) is 7.30. The van der Waals surface area contributed by atoms with E-state index in [4.69, 9.17) is 4.74 Å². The van der Waals surface area contributed by atoms with Crippen molar-refractivity contribution in [2.75, 3.05) is 18.8 Å². The van der Waals surface area contributed by atoms with Gasteiger partial charge in [0.15, 0.2) is 0 Å². The van der Waals surface area contributed by atoms with Crippen LogP contribution in [0.5, 0.6) is 0 Å². The van der Waals surface area contributed by atoms with Crippen LogP contribution in [0.25, 0.3) is 5.70 Å². The molecule has 0 spiro atoms. The first-order valence-corrected chi connectivity index (χ1v) is 9.51. The second kappa shape index (κ2) is 7.05. The first-order valence-electron chi connectivity index (χ1n) is 8.53. The molecule has 0 radical (unpaired) electrons. The van der Waals surface area contributed by atoms with Crippen molar-refractivity contribution in [3.63, 3.8) is 0 Å². The lowest BCUT2D eigenvalue weighted by Crippen LogP contribution is -2.34. The summed E-state index contributed by atoms with van der Waals surface area (Å²) >= 11 is 1.59. The first-order chi connectivity index (χ1) is 11.5. The average Bonchev–Trinajstić information content (AvgIpc) is 3.06. The Morgan fingerprint density at radius 1 is 1.25 bits per heavy atom. The Morgan fingerprint density at radius 3 is 2.62 bits per heavy atom. The summed E-state index contributed by atoms with van der Waals surface area (Å²) in [6.07, 6.45) is 6.90. The molecule has 5 nitrogen and oxygen atoms in total. The standard InChI is InChI=1S/C18H24N2O3S/c1-12(2)23-18(22)16-13(3)10-20-14(11-24-17(16)20)9-15(21)19-7-5-4-6-8-19/h9-10,12H,4-8,11H2,1-3H3/b14-9+. The number of thioether (sulfide) groups is 1. The summed E-state index contributed by atoms with van der Waals surface area (Å²) in [6, 6.07) is 0. The number of likely N-dealkylation sites (tertiary alicyclic amines) is 1. The van der Waals surface area contributed by atoms with E-state index < -0.39 is 0 Å². The maximum Gasteiger partial charge on any atom is 0.341 e. The molecule has 2 aliphatic rings. The normalized spacial score (nSPS) is 19.0. The van der Waals surface area contributed by atoms with E-state index in [1.54, 1.807) is 17.8 Å². The van der Waals surface area contributed by atoms with Crippen LogP contribution in [0.3, 0.4) is 0 Å². The highest BCUT2D eigenvalue weighted by molar-refractivity contribution is 8.00. The van der Waals surface area contributed by atoms with E-state index >= 15 is 0 Å². The largest absolute Gasteiger partial charge is 0.459 e. The van der Waals surface area contributed by atoms with Gasteiger partial charge in [-0.2, -0.15) is 0 Å². The van der Waals surface area contributed by atoms with Crippen molar-refractivity contribution < 1.29 is 14.3 Å². The van der Waals surface area contributed by atoms with Crippen LogP contribution < -0.4 is 0 Å². The predicted octanol–water partition coefficient (Wildman–Crippen LogP) is 3.32. The molecular weight excluding hydrogens is 324 g/mol. The first kappa shape index (κ1) is 17.1. The van der Waals surface area contributed by atoms with Gasteiger partial charge in [-0.1, -0.05) is 0 Å². The van der Waals surface area contributed by atoms with Crippen LogP contribution in [-0.4, -0.2) is 46.3 Å². The number of ether oxygens (including phenoxy) is 1. The van der Waals surface area contributed by atoms with Crippen molar-refractivity contribution in [2.45, 2.75) is 51.2 Å². The summed E-state index contributed by atoms with van der Waals surface area (Å²) in [5.41, 5.74) is 2.46. The Kier molecular flexibility index (Phi) is 5.04. The van der Waals surface area contributed by atoms with Crippen LogP contribution >= 0.6 is 11.8 Å². The fourth-order valence-electron chi connectivity index (χ4n) is 3.15. The van der Waals surface area contributed by atoms with Gasteiger partial charge in [-0.15, -0.1) is 11.8 Å². The Balaban J connectivity index is 1.83. The molecule has 1 saturated heterocycles. The summed E-state index contributed by atoms with van der Waals surface area (Å²) in [5, 5.41) is 0.885. The number of aryl methyl sites for hydroxylation is 1. The molecule has 2 aliphatic heterocycles. The number of aromatic nitrogens is 1. The van der Waals surface area contributed by atoms with Gasteiger partial charge in [-0.25, -0.2) is 4.79 Å². The van der Waals surface area contributed by atoms with Gasteiger partial charge >= 0.3 is 5.97 Å². The minimum absolute atomic E-state index is 0.0795. The van der Waals surface area contributed by atoms with Gasteiger partial charge in [0.25, 0.3) is 0 Å². The zero-order valence-corrected chi connectivity index (χ0v) is 15.3. The van der Waals surface area contributed by atoms with E-state index in [2.05, 4.69) is 0 Å². The van der Waals surface area contributed by atoms with Crippen LogP contribution in [0.2, 0.25) is 0 Å². The SMILES string of the molecule is Cc1cn2c(c1C(=O)OC(C)C)SC/C2=C\C(=O)N1CCCCC1. The number of hydrogen-bond donors (Lipinski definition) is 0. The lowest BCUT2D eigenvalue weighted by molar-refractivity contribution is -0.126. The molecule has 24 heavy (non-hydrogen) atoms. The van der Waals surface area contributed by atoms with Crippen molar-refractivity contribution >= 4 is 29.3 Å². The molecule has 6 heteroatoms. The molecule has 1 aromatic heterocycles. The van der Waals surface area contributed by atoms with Crippen LogP contribution in [0, 0.1) is 6.92 Å². The van der Waals surface area contributed by atoms with Gasteiger partial charge in [0.2, 0.25) is 5.91 Å². The lowest BCUT2D eigenvalue weighted by Gasteiger charge is -2.25. The van der Waals surface area contributed by atoms with Crippen LogP contribution in [0.4, 0.5) is 0 Å². The Bertz CT molecular complexity index is 685. The lowest BCUT2D eigenvalue weighted by atomic mass is 10.1. The number of nitrogens with zero attached hydrogens (tertiary/aromatic N) is 2. The van der Waals surface area contributed by atoms with Crippen LogP contribution in [0.15, 0.2) is 17.3 Å². The summed E-state index contributed by atoms with van der Waals surface area (Å²) < 4.78 is 7.32.